The summed E-state index contributed by atoms with van der Waals surface area (Å²) < 4.78 is 13.8. The predicted molar refractivity (Wildman–Crippen MR) is 217 cm³/mol. The van der Waals surface area contributed by atoms with E-state index < -0.39 is 5.95 Å². The van der Waals surface area contributed by atoms with Crippen LogP contribution < -0.4 is 21.7 Å². The van der Waals surface area contributed by atoms with Crippen LogP contribution in [-0.4, -0.2) is 65.9 Å². The lowest BCUT2D eigenvalue weighted by molar-refractivity contribution is 0.0933. The third-order valence-electron chi connectivity index (χ3n) is 9.06. The molecule has 0 saturated carbocycles. The summed E-state index contributed by atoms with van der Waals surface area (Å²) in [7, 11) is 0. The first kappa shape index (κ1) is 39.0. The van der Waals surface area contributed by atoms with Crippen molar-refractivity contribution in [2.75, 3.05) is 18.4 Å². The molecule has 0 aliphatic carbocycles. The van der Waals surface area contributed by atoms with Gasteiger partial charge in [-0.3, -0.25) is 9.59 Å². The second-order valence-corrected chi connectivity index (χ2v) is 16.6. The van der Waals surface area contributed by atoms with Crippen LogP contribution in [0.1, 0.15) is 111 Å². The fraction of sp³-hybridized carbons (Fsp3) is 0.381. The maximum Gasteiger partial charge on any atom is 0.253 e. The number of hydrogen-bond donors (Lipinski definition) is 6. The van der Waals surface area contributed by atoms with Crippen molar-refractivity contribution in [1.29, 1.82) is 0 Å². The van der Waals surface area contributed by atoms with Gasteiger partial charge in [0.15, 0.2) is 0 Å². The highest BCUT2D eigenvalue weighted by atomic mass is 19.1. The van der Waals surface area contributed by atoms with Gasteiger partial charge in [0.05, 0.1) is 33.5 Å². The van der Waals surface area contributed by atoms with E-state index in [4.69, 9.17) is 15.7 Å². The maximum absolute atomic E-state index is 13.8. The number of aryl methyl sites for hydroxylation is 2. The Hall–Kier alpha value is -5.69. The van der Waals surface area contributed by atoms with Crippen LogP contribution in [0, 0.1) is 19.8 Å². The van der Waals surface area contributed by atoms with Gasteiger partial charge in [0, 0.05) is 69.9 Å². The number of nitrogens with one attached hydrogen (secondary N) is 5. The molecule has 2 aliphatic rings. The third kappa shape index (κ3) is 8.67. The molecule has 0 bridgehead atoms. The molecule has 7 N–H and O–H groups in total. The van der Waals surface area contributed by atoms with E-state index in [2.05, 4.69) is 63.6 Å². The van der Waals surface area contributed by atoms with Gasteiger partial charge in [0.25, 0.3) is 11.8 Å². The molecule has 8 rings (SSSR count). The number of rotatable bonds is 3. The first-order valence-corrected chi connectivity index (χ1v) is 18.6. The predicted octanol–water partition coefficient (Wildman–Crippen LogP) is 7.65. The third-order valence-corrected chi connectivity index (χ3v) is 9.06. The Bertz CT molecular complexity index is 2410. The molecule has 2 aromatic carbocycles. The monoisotopic (exact) mass is 746 g/mol. The molecule has 0 spiro atoms. The molecular formula is C42H51FN10O2. The molecule has 13 heteroatoms. The van der Waals surface area contributed by atoms with Crippen molar-refractivity contribution in [2.45, 2.75) is 92.2 Å². The minimum absolute atomic E-state index is 0. The smallest absolute Gasteiger partial charge is 0.253 e. The zero-order valence-electron chi connectivity index (χ0n) is 33.2. The van der Waals surface area contributed by atoms with Crippen molar-refractivity contribution in [3.63, 3.8) is 0 Å². The van der Waals surface area contributed by atoms with Gasteiger partial charge in [-0.2, -0.15) is 4.39 Å². The number of hydrogen-bond acceptors (Lipinski definition) is 8. The van der Waals surface area contributed by atoms with E-state index in [1.807, 2.05) is 71.0 Å². The quantitative estimate of drug-likeness (QED) is 0.107. The highest BCUT2D eigenvalue weighted by molar-refractivity contribution is 6.01. The zero-order valence-corrected chi connectivity index (χ0v) is 33.2. The van der Waals surface area contributed by atoms with E-state index >= 15 is 0 Å². The summed E-state index contributed by atoms with van der Waals surface area (Å²) in [5, 5.41) is 9.23. The number of aromatic nitrogens is 6. The van der Waals surface area contributed by atoms with Crippen LogP contribution in [0.2, 0.25) is 0 Å². The number of carbonyl (C=O) groups is 2. The van der Waals surface area contributed by atoms with Crippen molar-refractivity contribution in [3.05, 3.63) is 88.4 Å². The first-order chi connectivity index (χ1) is 25.8. The number of carbonyl (C=O) groups excluding carboxylic acids is 2. The number of aromatic amines is 2. The molecule has 6 heterocycles. The van der Waals surface area contributed by atoms with Crippen LogP contribution in [0.25, 0.3) is 44.6 Å². The number of fused-ring (bicyclic) bond motifs is 4. The van der Waals surface area contributed by atoms with Crippen LogP contribution in [0.4, 0.5) is 10.2 Å². The van der Waals surface area contributed by atoms with Gasteiger partial charge >= 0.3 is 0 Å². The van der Waals surface area contributed by atoms with Crippen LogP contribution in [0.15, 0.2) is 48.5 Å². The second kappa shape index (κ2) is 14.9. The van der Waals surface area contributed by atoms with Crippen molar-refractivity contribution in [3.8, 4) is 22.5 Å². The summed E-state index contributed by atoms with van der Waals surface area (Å²) in [5.74, 6) is 0.554. The molecule has 288 valence electrons. The standard InChI is InChI=1S/C21H25N5O.C17H15FN4O.C4H11N/c1-11-10-22-20(27)14-9-16(24-17(11)14)13-7-6-8-15-18(13)25-19(12(2)23-15)26-21(3,4)5;1-8-7-19-17(23)11-6-13(21-14(8)11)10-4-3-5-12-15(10)22-16(18)9(2)20-12;1-4(2,3)5/h6-9,11,24H,10H2,1-5H3,(H,22,27)(H,25,26);3-6,8,21H,7H2,1-2H3,(H,19,23);5H2,1-3H3/t11-;;/m1../s1. The first-order valence-electron chi connectivity index (χ1n) is 18.6. The van der Waals surface area contributed by atoms with Crippen molar-refractivity contribution >= 4 is 39.7 Å². The normalized spacial score (nSPS) is 16.6. The summed E-state index contributed by atoms with van der Waals surface area (Å²) >= 11 is 0. The van der Waals surface area contributed by atoms with E-state index in [1.54, 1.807) is 19.1 Å². The highest BCUT2D eigenvalue weighted by Gasteiger charge is 2.27. The van der Waals surface area contributed by atoms with E-state index in [1.165, 1.54) is 0 Å². The number of amides is 2. The van der Waals surface area contributed by atoms with Crippen molar-refractivity contribution < 1.29 is 14.0 Å². The molecule has 6 aromatic rings. The zero-order chi connectivity index (χ0) is 40.0. The number of halogens is 1. The van der Waals surface area contributed by atoms with Crippen molar-refractivity contribution in [2.24, 2.45) is 5.73 Å². The summed E-state index contributed by atoms with van der Waals surface area (Å²) in [4.78, 5) is 48.9. The van der Waals surface area contributed by atoms with E-state index in [-0.39, 0.29) is 40.4 Å². The van der Waals surface area contributed by atoms with Crippen molar-refractivity contribution in [1.82, 2.24) is 40.5 Å². The van der Waals surface area contributed by atoms with Crippen LogP contribution in [0.3, 0.4) is 0 Å². The fourth-order valence-electron chi connectivity index (χ4n) is 6.49. The number of benzene rings is 2. The average Bonchev–Trinajstić information content (AvgIpc) is 3.75. The molecule has 0 radical (unpaired) electrons. The molecule has 0 saturated heterocycles. The Kier molecular flexibility index (Phi) is 10.5. The fourth-order valence-corrected chi connectivity index (χ4v) is 6.49. The molecule has 12 nitrogen and oxygen atoms in total. The number of nitrogens with two attached hydrogens (primary N) is 1. The average molecular weight is 747 g/mol. The summed E-state index contributed by atoms with van der Waals surface area (Å²) in [6, 6.07) is 15.2. The van der Waals surface area contributed by atoms with Crippen LogP contribution in [-0.2, 0) is 0 Å². The van der Waals surface area contributed by atoms with Gasteiger partial charge in [0.1, 0.15) is 16.9 Å². The number of H-pyrrole nitrogens is 2. The Morgan fingerprint density at radius 2 is 1.13 bits per heavy atom. The number of para-hydroxylation sites is 2. The minimum atomic E-state index is -0.576. The Labute approximate surface area is 320 Å². The molecule has 2 amide bonds. The lowest BCUT2D eigenvalue weighted by Crippen LogP contribution is -2.33. The van der Waals surface area contributed by atoms with E-state index in [0.29, 0.717) is 35.2 Å². The van der Waals surface area contributed by atoms with Gasteiger partial charge < -0.3 is 31.7 Å². The molecule has 1 unspecified atom stereocenters. The molecule has 0 fully saturated rings. The number of nitrogens with zero attached hydrogens (tertiary/aromatic N) is 4. The Morgan fingerprint density at radius 1 is 0.691 bits per heavy atom. The maximum atomic E-state index is 13.8. The lowest BCUT2D eigenvalue weighted by Gasteiger charge is -2.22. The van der Waals surface area contributed by atoms with Gasteiger partial charge in [-0.15, -0.1) is 0 Å². The molecule has 2 aliphatic heterocycles. The Balaban J connectivity index is 0.000000168. The summed E-state index contributed by atoms with van der Waals surface area (Å²) in [6.07, 6.45) is 0. The van der Waals surface area contributed by atoms with E-state index in [0.717, 1.165) is 56.4 Å². The van der Waals surface area contributed by atoms with Crippen LogP contribution in [0.5, 0.6) is 0 Å². The summed E-state index contributed by atoms with van der Waals surface area (Å²) in [5.41, 5.74) is 15.7. The second-order valence-electron chi connectivity index (χ2n) is 16.6. The number of anilines is 1. The largest absolute Gasteiger partial charge is 0.364 e. The minimum Gasteiger partial charge on any atom is -0.364 e. The summed E-state index contributed by atoms with van der Waals surface area (Å²) in [6.45, 7) is 21.2. The van der Waals surface area contributed by atoms with Gasteiger partial charge in [-0.1, -0.05) is 38.1 Å². The topological polar surface area (TPSA) is 179 Å². The van der Waals surface area contributed by atoms with E-state index in [9.17, 15) is 14.0 Å². The van der Waals surface area contributed by atoms with Gasteiger partial charge in [-0.25, -0.2) is 19.9 Å². The molecular weight excluding hydrogens is 696 g/mol. The SMILES string of the molecule is CC(C)(C)N.Cc1nc2cccc(-c3cc4c([nH]3)C(C)CNC4=O)c2nc1F.Cc1nc2cccc(-c3cc4c([nH]3)[C@H](C)CNC4=O)c2nc1NC(C)(C)C. The molecule has 55 heavy (non-hydrogen) atoms. The molecule has 4 aromatic heterocycles. The highest BCUT2D eigenvalue weighted by Crippen LogP contribution is 2.34. The van der Waals surface area contributed by atoms with Gasteiger partial charge in [-0.05, 0) is 79.7 Å². The van der Waals surface area contributed by atoms with Crippen LogP contribution >= 0.6 is 0 Å². The van der Waals surface area contributed by atoms with Gasteiger partial charge in [0.2, 0.25) is 5.95 Å². The molecule has 2 atom stereocenters. The lowest BCUT2D eigenvalue weighted by atomic mass is 9.99. The Morgan fingerprint density at radius 3 is 1.56 bits per heavy atom.